The molecule has 104 valence electrons. The molecule has 1 aliphatic rings. The number of amides is 1. The van der Waals surface area contributed by atoms with Crippen molar-refractivity contribution in [1.29, 1.82) is 0 Å². The van der Waals surface area contributed by atoms with Crippen LogP contribution >= 0.6 is 0 Å². The first kappa shape index (κ1) is 13.9. The van der Waals surface area contributed by atoms with Gasteiger partial charge < -0.3 is 15.0 Å². The summed E-state index contributed by atoms with van der Waals surface area (Å²) in [6, 6.07) is 7.72. The number of nitrogens with zero attached hydrogens (tertiary/aromatic N) is 1. The maximum atomic E-state index is 12.2. The number of likely N-dealkylation sites (tertiary alicyclic amines) is 1. The van der Waals surface area contributed by atoms with Gasteiger partial charge in [-0.05, 0) is 25.8 Å². The fourth-order valence-corrected chi connectivity index (χ4v) is 2.41. The molecule has 1 heterocycles. The van der Waals surface area contributed by atoms with Crippen LogP contribution in [-0.2, 0) is 11.3 Å². The van der Waals surface area contributed by atoms with Crippen LogP contribution in [0.3, 0.4) is 0 Å². The van der Waals surface area contributed by atoms with Crippen molar-refractivity contribution in [3.63, 3.8) is 0 Å². The van der Waals surface area contributed by atoms with Gasteiger partial charge in [0, 0.05) is 25.2 Å². The molecule has 19 heavy (non-hydrogen) atoms. The number of hydrogen-bond acceptors (Lipinski definition) is 3. The SMILES string of the molecule is COc1ccccc1CNC(C)C(=O)N1CCCC1. The Labute approximate surface area is 114 Å². The average molecular weight is 262 g/mol. The molecule has 0 aliphatic carbocycles. The van der Waals surface area contributed by atoms with Crippen molar-refractivity contribution < 1.29 is 9.53 Å². The van der Waals surface area contributed by atoms with Gasteiger partial charge in [0.1, 0.15) is 5.75 Å². The first-order valence-electron chi connectivity index (χ1n) is 6.86. The van der Waals surface area contributed by atoms with Crippen LogP contribution in [0, 0.1) is 0 Å². The summed E-state index contributed by atoms with van der Waals surface area (Å²) in [7, 11) is 1.66. The summed E-state index contributed by atoms with van der Waals surface area (Å²) in [6.45, 7) is 4.37. The van der Waals surface area contributed by atoms with Crippen molar-refractivity contribution in [3.8, 4) is 5.75 Å². The maximum Gasteiger partial charge on any atom is 0.239 e. The van der Waals surface area contributed by atoms with Crippen LogP contribution in [-0.4, -0.2) is 37.0 Å². The van der Waals surface area contributed by atoms with E-state index in [0.29, 0.717) is 6.54 Å². The summed E-state index contributed by atoms with van der Waals surface area (Å²) in [5.74, 6) is 1.06. The van der Waals surface area contributed by atoms with Gasteiger partial charge in [-0.1, -0.05) is 18.2 Å². The van der Waals surface area contributed by atoms with E-state index in [2.05, 4.69) is 5.32 Å². The minimum Gasteiger partial charge on any atom is -0.496 e. The molecule has 2 rings (SSSR count). The molecule has 1 unspecified atom stereocenters. The molecule has 1 atom stereocenters. The Balaban J connectivity index is 1.88. The maximum absolute atomic E-state index is 12.2. The fraction of sp³-hybridized carbons (Fsp3) is 0.533. The third-order valence-electron chi connectivity index (χ3n) is 3.58. The molecular weight excluding hydrogens is 240 g/mol. The van der Waals surface area contributed by atoms with Crippen LogP contribution in [0.2, 0.25) is 0 Å². The molecule has 1 N–H and O–H groups in total. The number of ether oxygens (including phenoxy) is 1. The number of nitrogens with one attached hydrogen (secondary N) is 1. The smallest absolute Gasteiger partial charge is 0.239 e. The highest BCUT2D eigenvalue weighted by Crippen LogP contribution is 2.17. The number of carbonyl (C=O) groups excluding carboxylic acids is 1. The van der Waals surface area contributed by atoms with Crippen LogP contribution in [0.1, 0.15) is 25.3 Å². The number of para-hydroxylation sites is 1. The molecule has 1 aliphatic heterocycles. The normalized spacial score (nSPS) is 16.4. The molecule has 0 spiro atoms. The molecule has 1 fully saturated rings. The van der Waals surface area contributed by atoms with E-state index in [0.717, 1.165) is 37.2 Å². The average Bonchev–Trinajstić information content (AvgIpc) is 2.98. The predicted molar refractivity (Wildman–Crippen MR) is 75.1 cm³/mol. The number of carbonyl (C=O) groups is 1. The molecular formula is C15H22N2O2. The zero-order chi connectivity index (χ0) is 13.7. The summed E-state index contributed by atoms with van der Waals surface area (Å²) in [5, 5.41) is 3.28. The van der Waals surface area contributed by atoms with E-state index < -0.39 is 0 Å². The fourth-order valence-electron chi connectivity index (χ4n) is 2.41. The second kappa shape index (κ2) is 6.57. The first-order valence-corrected chi connectivity index (χ1v) is 6.86. The Hall–Kier alpha value is -1.55. The largest absolute Gasteiger partial charge is 0.496 e. The zero-order valence-electron chi connectivity index (χ0n) is 11.7. The van der Waals surface area contributed by atoms with Crippen molar-refractivity contribution in [2.24, 2.45) is 0 Å². The van der Waals surface area contributed by atoms with E-state index >= 15 is 0 Å². The van der Waals surface area contributed by atoms with Crippen molar-refractivity contribution in [1.82, 2.24) is 10.2 Å². The van der Waals surface area contributed by atoms with Crippen LogP contribution in [0.5, 0.6) is 5.75 Å². The molecule has 0 bridgehead atoms. The summed E-state index contributed by atoms with van der Waals surface area (Å²) < 4.78 is 5.30. The summed E-state index contributed by atoms with van der Waals surface area (Å²) >= 11 is 0. The summed E-state index contributed by atoms with van der Waals surface area (Å²) in [4.78, 5) is 14.1. The number of rotatable bonds is 5. The van der Waals surface area contributed by atoms with Gasteiger partial charge >= 0.3 is 0 Å². The first-order chi connectivity index (χ1) is 9.22. The van der Waals surface area contributed by atoms with Gasteiger partial charge in [-0.15, -0.1) is 0 Å². The number of methoxy groups -OCH3 is 1. The minimum absolute atomic E-state index is 0.150. The van der Waals surface area contributed by atoms with E-state index in [1.165, 1.54) is 0 Å². The quantitative estimate of drug-likeness (QED) is 0.879. The molecule has 0 aromatic heterocycles. The van der Waals surface area contributed by atoms with Crippen LogP contribution in [0.25, 0.3) is 0 Å². The molecule has 1 saturated heterocycles. The zero-order valence-corrected chi connectivity index (χ0v) is 11.7. The van der Waals surface area contributed by atoms with E-state index in [4.69, 9.17) is 4.74 Å². The van der Waals surface area contributed by atoms with Gasteiger partial charge in [-0.3, -0.25) is 4.79 Å². The van der Waals surface area contributed by atoms with Crippen LogP contribution < -0.4 is 10.1 Å². The molecule has 0 saturated carbocycles. The van der Waals surface area contributed by atoms with Gasteiger partial charge in [-0.25, -0.2) is 0 Å². The number of hydrogen-bond donors (Lipinski definition) is 1. The van der Waals surface area contributed by atoms with Crippen molar-refractivity contribution >= 4 is 5.91 Å². The second-order valence-corrected chi connectivity index (χ2v) is 4.95. The highest BCUT2D eigenvalue weighted by atomic mass is 16.5. The molecule has 1 aromatic rings. The van der Waals surface area contributed by atoms with Gasteiger partial charge in [0.25, 0.3) is 0 Å². The Morgan fingerprint density at radius 2 is 2.05 bits per heavy atom. The van der Waals surface area contributed by atoms with Gasteiger partial charge in [0.05, 0.1) is 13.2 Å². The lowest BCUT2D eigenvalue weighted by atomic mass is 10.2. The van der Waals surface area contributed by atoms with E-state index in [9.17, 15) is 4.79 Å². The van der Waals surface area contributed by atoms with E-state index in [1.54, 1.807) is 7.11 Å². The Bertz CT molecular complexity index is 428. The van der Waals surface area contributed by atoms with E-state index in [-0.39, 0.29) is 11.9 Å². The van der Waals surface area contributed by atoms with Gasteiger partial charge in [0.15, 0.2) is 0 Å². The molecule has 4 heteroatoms. The Kier molecular flexibility index (Phi) is 4.80. The van der Waals surface area contributed by atoms with Crippen molar-refractivity contribution in [2.45, 2.75) is 32.4 Å². The Morgan fingerprint density at radius 1 is 1.37 bits per heavy atom. The third kappa shape index (κ3) is 3.47. The monoisotopic (exact) mass is 262 g/mol. The molecule has 4 nitrogen and oxygen atoms in total. The van der Waals surface area contributed by atoms with Crippen LogP contribution in [0.4, 0.5) is 0 Å². The highest BCUT2D eigenvalue weighted by molar-refractivity contribution is 5.81. The molecule has 1 amide bonds. The Morgan fingerprint density at radius 3 is 2.74 bits per heavy atom. The lowest BCUT2D eigenvalue weighted by Gasteiger charge is -2.21. The van der Waals surface area contributed by atoms with Gasteiger partial charge in [-0.2, -0.15) is 0 Å². The summed E-state index contributed by atoms with van der Waals surface area (Å²) in [5.41, 5.74) is 1.08. The van der Waals surface area contributed by atoms with Crippen molar-refractivity contribution in [2.75, 3.05) is 20.2 Å². The predicted octanol–water partition coefficient (Wildman–Crippen LogP) is 1.80. The second-order valence-electron chi connectivity index (χ2n) is 4.95. The minimum atomic E-state index is -0.150. The molecule has 1 aromatic carbocycles. The van der Waals surface area contributed by atoms with Crippen molar-refractivity contribution in [3.05, 3.63) is 29.8 Å². The van der Waals surface area contributed by atoms with Gasteiger partial charge in [0.2, 0.25) is 5.91 Å². The van der Waals surface area contributed by atoms with E-state index in [1.807, 2.05) is 36.1 Å². The van der Waals surface area contributed by atoms with Crippen LogP contribution in [0.15, 0.2) is 24.3 Å². The lowest BCUT2D eigenvalue weighted by Crippen LogP contribution is -2.43. The lowest BCUT2D eigenvalue weighted by molar-refractivity contribution is -0.131. The standard InChI is InChI=1S/C15H22N2O2/c1-12(15(18)17-9-5-6-10-17)16-11-13-7-3-4-8-14(13)19-2/h3-4,7-8,12,16H,5-6,9-11H2,1-2H3. The highest BCUT2D eigenvalue weighted by Gasteiger charge is 2.22. The third-order valence-corrected chi connectivity index (χ3v) is 3.58. The number of benzene rings is 1. The topological polar surface area (TPSA) is 41.6 Å². The molecule has 0 radical (unpaired) electrons. The summed E-state index contributed by atoms with van der Waals surface area (Å²) in [6.07, 6.45) is 2.26.